The van der Waals surface area contributed by atoms with Gasteiger partial charge in [0, 0.05) is 43.9 Å². The van der Waals surface area contributed by atoms with Crippen LogP contribution in [0.25, 0.3) is 11.2 Å². The van der Waals surface area contributed by atoms with E-state index in [-0.39, 0.29) is 29.4 Å². The minimum atomic E-state index is -0.477. The molecule has 3 aromatic heterocycles. The highest BCUT2D eigenvalue weighted by Gasteiger charge is 2.33. The molecule has 3 aliphatic rings. The van der Waals surface area contributed by atoms with Crippen LogP contribution in [0.1, 0.15) is 51.8 Å². The Labute approximate surface area is 237 Å². The largest absolute Gasteiger partial charge is 0.486 e. The number of likely N-dealkylation sites (tertiary alicyclic amines) is 1. The van der Waals surface area contributed by atoms with Crippen LogP contribution in [0.4, 0.5) is 4.79 Å². The molecule has 6 heterocycles. The van der Waals surface area contributed by atoms with E-state index in [2.05, 4.69) is 14.9 Å². The summed E-state index contributed by atoms with van der Waals surface area (Å²) in [6.45, 7) is 9.94. The third-order valence-electron chi connectivity index (χ3n) is 8.07. The Bertz CT molecular complexity index is 1560. The lowest BCUT2D eigenvalue weighted by Gasteiger charge is -2.38. The standard InChI is InChI=1S/C29H36N6O6/c1-29(2,3)34(17-19-14-23-24(15-30-19)40-13-12-39-23)28(38)41-21-7-9-32(10-8-21)18-20-6-11-33-26(37)16-31-22-4-5-25(36)35(20)27(22)33/h4-5,14-16,20-21H,6-13,17-18H2,1-3H3. The van der Waals surface area contributed by atoms with E-state index in [0.717, 1.165) is 13.1 Å². The Balaban J connectivity index is 1.08. The van der Waals surface area contributed by atoms with E-state index in [0.29, 0.717) is 80.5 Å². The molecular formula is C29H36N6O6. The van der Waals surface area contributed by atoms with Gasteiger partial charge in [0.15, 0.2) is 11.5 Å². The highest BCUT2D eigenvalue weighted by molar-refractivity contribution is 5.71. The molecule has 0 N–H and O–H groups in total. The summed E-state index contributed by atoms with van der Waals surface area (Å²) in [7, 11) is 0. The molecule has 6 rings (SSSR count). The maximum atomic E-state index is 13.4. The van der Waals surface area contributed by atoms with E-state index in [1.165, 1.54) is 12.3 Å². The summed E-state index contributed by atoms with van der Waals surface area (Å²) in [6.07, 6.45) is 4.49. The van der Waals surface area contributed by atoms with Crippen molar-refractivity contribution in [3.63, 3.8) is 0 Å². The summed E-state index contributed by atoms with van der Waals surface area (Å²) >= 11 is 0. The quantitative estimate of drug-likeness (QED) is 0.460. The summed E-state index contributed by atoms with van der Waals surface area (Å²) < 4.78 is 20.6. The van der Waals surface area contributed by atoms with Gasteiger partial charge in [-0.05, 0) is 46.1 Å². The van der Waals surface area contributed by atoms with Gasteiger partial charge >= 0.3 is 6.09 Å². The predicted molar refractivity (Wildman–Crippen MR) is 150 cm³/mol. The van der Waals surface area contributed by atoms with Crippen LogP contribution in [-0.4, -0.2) is 79.5 Å². The summed E-state index contributed by atoms with van der Waals surface area (Å²) in [5.74, 6) is 1.25. The first-order chi connectivity index (χ1) is 19.7. The summed E-state index contributed by atoms with van der Waals surface area (Å²) in [4.78, 5) is 51.3. The molecule has 12 heteroatoms. The topological polar surface area (TPSA) is 121 Å². The number of amides is 1. The van der Waals surface area contributed by atoms with Crippen LogP contribution >= 0.6 is 0 Å². The van der Waals surface area contributed by atoms with E-state index >= 15 is 0 Å². The third kappa shape index (κ3) is 5.52. The van der Waals surface area contributed by atoms with Gasteiger partial charge in [-0.2, -0.15) is 0 Å². The number of aryl methyl sites for hydroxylation is 1. The van der Waals surface area contributed by atoms with Crippen LogP contribution in [0.2, 0.25) is 0 Å². The molecule has 1 atom stereocenters. The van der Waals surface area contributed by atoms with Crippen LogP contribution in [0.3, 0.4) is 0 Å². The fourth-order valence-electron chi connectivity index (χ4n) is 5.88. The van der Waals surface area contributed by atoms with Gasteiger partial charge in [0.05, 0.1) is 30.7 Å². The van der Waals surface area contributed by atoms with E-state index in [1.807, 2.05) is 26.8 Å². The first kappa shape index (κ1) is 27.3. The van der Waals surface area contributed by atoms with E-state index < -0.39 is 5.54 Å². The molecule has 41 heavy (non-hydrogen) atoms. The number of carbonyl (C=O) groups is 1. The van der Waals surface area contributed by atoms with Crippen molar-refractivity contribution >= 4 is 17.3 Å². The van der Waals surface area contributed by atoms with Crippen molar-refractivity contribution in [1.29, 1.82) is 0 Å². The fourth-order valence-corrected chi connectivity index (χ4v) is 5.88. The molecule has 3 aromatic rings. The SMILES string of the molecule is CC(C)(C)N(Cc1cc2c(cn1)OCCO2)C(=O)OC1CCN(CC2CCn3c(=O)cnc4ccc(=O)n2c43)CC1. The number of piperidine rings is 1. The maximum absolute atomic E-state index is 13.4. The van der Waals surface area contributed by atoms with Gasteiger partial charge in [0.2, 0.25) is 0 Å². The average Bonchev–Trinajstić information content (AvgIpc) is 2.95. The van der Waals surface area contributed by atoms with Gasteiger partial charge in [-0.15, -0.1) is 0 Å². The predicted octanol–water partition coefficient (Wildman–Crippen LogP) is 2.57. The second kappa shape index (κ2) is 10.8. The second-order valence-electron chi connectivity index (χ2n) is 11.9. The highest BCUT2D eigenvalue weighted by Crippen LogP contribution is 2.31. The zero-order chi connectivity index (χ0) is 28.7. The van der Waals surface area contributed by atoms with Crippen molar-refractivity contribution < 1.29 is 19.0 Å². The first-order valence-corrected chi connectivity index (χ1v) is 14.2. The lowest BCUT2D eigenvalue weighted by Crippen LogP contribution is -2.48. The van der Waals surface area contributed by atoms with Crippen molar-refractivity contribution in [2.75, 3.05) is 32.8 Å². The van der Waals surface area contributed by atoms with Gasteiger partial charge in [-0.1, -0.05) is 0 Å². The Morgan fingerprint density at radius 1 is 1.00 bits per heavy atom. The van der Waals surface area contributed by atoms with Crippen LogP contribution in [-0.2, 0) is 17.8 Å². The molecular weight excluding hydrogens is 528 g/mol. The molecule has 218 valence electrons. The Morgan fingerprint density at radius 3 is 2.51 bits per heavy atom. The number of nitrogens with zero attached hydrogens (tertiary/aromatic N) is 6. The average molecular weight is 565 g/mol. The minimum absolute atomic E-state index is 0.0521. The van der Waals surface area contributed by atoms with Crippen molar-refractivity contribution in [3.05, 3.63) is 57.0 Å². The van der Waals surface area contributed by atoms with Gasteiger partial charge < -0.3 is 19.1 Å². The van der Waals surface area contributed by atoms with Gasteiger partial charge in [-0.3, -0.25) is 28.6 Å². The van der Waals surface area contributed by atoms with Crippen LogP contribution in [0.5, 0.6) is 11.5 Å². The number of aromatic nitrogens is 4. The Kier molecular flexibility index (Phi) is 7.18. The molecule has 0 saturated carbocycles. The number of pyridine rings is 2. The number of ether oxygens (including phenoxy) is 3. The normalized spacial score (nSPS) is 19.2. The molecule has 1 saturated heterocycles. The summed E-state index contributed by atoms with van der Waals surface area (Å²) in [5.41, 5.74) is 1.16. The first-order valence-electron chi connectivity index (χ1n) is 14.2. The molecule has 0 radical (unpaired) electrons. The molecule has 1 amide bonds. The zero-order valence-corrected chi connectivity index (χ0v) is 23.7. The Hall–Kier alpha value is -3.93. The maximum Gasteiger partial charge on any atom is 0.410 e. The molecule has 3 aliphatic heterocycles. The molecule has 0 aliphatic carbocycles. The third-order valence-corrected chi connectivity index (χ3v) is 8.07. The van der Waals surface area contributed by atoms with Gasteiger partial charge in [0.25, 0.3) is 11.1 Å². The fraction of sp³-hybridized carbons (Fsp3) is 0.552. The van der Waals surface area contributed by atoms with E-state index in [1.54, 1.807) is 26.3 Å². The van der Waals surface area contributed by atoms with Crippen LogP contribution < -0.4 is 20.6 Å². The molecule has 0 aromatic carbocycles. The van der Waals surface area contributed by atoms with Gasteiger partial charge in [-0.25, -0.2) is 9.78 Å². The van der Waals surface area contributed by atoms with Gasteiger partial charge in [0.1, 0.15) is 30.5 Å². The monoisotopic (exact) mass is 564 g/mol. The van der Waals surface area contributed by atoms with Crippen molar-refractivity contribution in [2.24, 2.45) is 0 Å². The van der Waals surface area contributed by atoms with Crippen LogP contribution in [0, 0.1) is 0 Å². The van der Waals surface area contributed by atoms with Crippen molar-refractivity contribution in [2.45, 2.75) is 70.8 Å². The molecule has 1 unspecified atom stereocenters. The zero-order valence-electron chi connectivity index (χ0n) is 23.7. The summed E-state index contributed by atoms with van der Waals surface area (Å²) in [5, 5.41) is 0. The molecule has 12 nitrogen and oxygen atoms in total. The van der Waals surface area contributed by atoms with Crippen molar-refractivity contribution in [1.82, 2.24) is 28.9 Å². The number of fused-ring (bicyclic) bond motifs is 1. The molecule has 1 fully saturated rings. The number of rotatable bonds is 5. The Morgan fingerprint density at radius 2 is 1.76 bits per heavy atom. The lowest BCUT2D eigenvalue weighted by molar-refractivity contribution is 0.00697. The number of carbonyl (C=O) groups excluding carboxylic acids is 1. The summed E-state index contributed by atoms with van der Waals surface area (Å²) in [6, 6.07) is 4.97. The minimum Gasteiger partial charge on any atom is -0.486 e. The number of hydrogen-bond donors (Lipinski definition) is 0. The van der Waals surface area contributed by atoms with Crippen molar-refractivity contribution in [3.8, 4) is 11.5 Å². The second-order valence-corrected chi connectivity index (χ2v) is 11.9. The lowest BCUT2D eigenvalue weighted by atomic mass is 10.0. The number of hydrogen-bond acceptors (Lipinski definition) is 9. The highest BCUT2D eigenvalue weighted by atomic mass is 16.6. The van der Waals surface area contributed by atoms with Crippen LogP contribution in [0.15, 0.2) is 40.2 Å². The van der Waals surface area contributed by atoms with E-state index in [9.17, 15) is 14.4 Å². The molecule has 0 bridgehead atoms. The smallest absolute Gasteiger partial charge is 0.410 e. The van der Waals surface area contributed by atoms with E-state index in [4.69, 9.17) is 14.2 Å². The molecule has 0 spiro atoms.